The van der Waals surface area contributed by atoms with E-state index in [0.717, 1.165) is 5.39 Å². The Hall–Kier alpha value is -4.06. The molecule has 6 N–H and O–H groups in total. The number of aromatic nitrogens is 1. The van der Waals surface area contributed by atoms with Gasteiger partial charge < -0.3 is 26.2 Å². The van der Waals surface area contributed by atoms with E-state index in [9.17, 15) is 18.0 Å². The molecule has 1 amide bonds. The van der Waals surface area contributed by atoms with Crippen LogP contribution in [0.3, 0.4) is 0 Å². The molecule has 0 aliphatic carbocycles. The third-order valence-electron chi connectivity index (χ3n) is 4.66. The molecule has 0 fully saturated rings. The van der Waals surface area contributed by atoms with E-state index in [4.69, 9.17) is 16.3 Å². The molecule has 1 aromatic heterocycles. The van der Waals surface area contributed by atoms with Crippen molar-refractivity contribution in [1.82, 2.24) is 9.88 Å². The molecular formula is C21H24N6O5S. The zero-order valence-electron chi connectivity index (χ0n) is 17.8. The molecule has 0 bridgehead atoms. The second-order valence-corrected chi connectivity index (χ2v) is 8.71. The maximum absolute atomic E-state index is 13.1. The number of nitrogens with zero attached hydrogens (tertiary/aromatic N) is 2. The van der Waals surface area contributed by atoms with Crippen molar-refractivity contribution in [3.8, 4) is 0 Å². The molecule has 0 radical (unpaired) electrons. The van der Waals surface area contributed by atoms with Crippen molar-refractivity contribution < 1.29 is 18.0 Å². The number of fused-ring (bicyclic) bond motifs is 1. The van der Waals surface area contributed by atoms with Crippen molar-refractivity contribution in [2.75, 3.05) is 17.9 Å². The van der Waals surface area contributed by atoms with E-state index < -0.39 is 21.5 Å². The maximum Gasteiger partial charge on any atom is 0.275 e. The summed E-state index contributed by atoms with van der Waals surface area (Å²) in [6.07, 6.45) is 0. The molecule has 0 aliphatic rings. The van der Waals surface area contributed by atoms with Crippen molar-refractivity contribution in [1.29, 1.82) is 0 Å². The van der Waals surface area contributed by atoms with Gasteiger partial charge in [0, 0.05) is 11.1 Å². The number of guanidine groups is 1. The summed E-state index contributed by atoms with van der Waals surface area (Å²) in [6.45, 7) is 1.47. The average Bonchev–Trinajstić information content (AvgIpc) is 2.77. The summed E-state index contributed by atoms with van der Waals surface area (Å²) in [7, 11) is -4.06. The van der Waals surface area contributed by atoms with Gasteiger partial charge in [0.15, 0.2) is 0 Å². The Kier molecular flexibility index (Phi) is 7.18. The van der Waals surface area contributed by atoms with Gasteiger partial charge in [-0.15, -0.1) is 0 Å². The van der Waals surface area contributed by atoms with Crippen LogP contribution in [-0.4, -0.2) is 38.0 Å². The topological polar surface area (TPSA) is 171 Å². The molecule has 3 aromatic rings. The van der Waals surface area contributed by atoms with Gasteiger partial charge in [0.1, 0.15) is 18.8 Å². The van der Waals surface area contributed by atoms with Gasteiger partial charge in [0.2, 0.25) is 11.9 Å². The summed E-state index contributed by atoms with van der Waals surface area (Å²) < 4.78 is 29.6. The number of aryl methyl sites for hydroxylation is 1. The highest BCUT2D eigenvalue weighted by Gasteiger charge is 2.20. The summed E-state index contributed by atoms with van der Waals surface area (Å²) in [4.78, 5) is 30.0. The lowest BCUT2D eigenvalue weighted by atomic mass is 10.1. The number of oxime groups is 1. The highest BCUT2D eigenvalue weighted by atomic mass is 32.2. The van der Waals surface area contributed by atoms with Crippen LogP contribution in [0.1, 0.15) is 5.69 Å². The van der Waals surface area contributed by atoms with E-state index in [1.54, 1.807) is 43.3 Å². The van der Waals surface area contributed by atoms with Gasteiger partial charge in [-0.1, -0.05) is 36.4 Å². The van der Waals surface area contributed by atoms with Crippen LogP contribution in [0.25, 0.3) is 10.8 Å². The second kappa shape index (κ2) is 10.0. The molecule has 0 saturated carbocycles. The first-order chi connectivity index (χ1) is 15.7. The Bertz CT molecular complexity index is 1360. The second-order valence-electron chi connectivity index (χ2n) is 7.06. The van der Waals surface area contributed by atoms with Crippen LogP contribution in [0.2, 0.25) is 0 Å². The van der Waals surface area contributed by atoms with E-state index in [0.29, 0.717) is 11.1 Å². The minimum atomic E-state index is -4.06. The lowest BCUT2D eigenvalue weighted by Gasteiger charge is -2.14. The zero-order chi connectivity index (χ0) is 24.0. The van der Waals surface area contributed by atoms with Crippen LogP contribution in [0, 0.1) is 6.92 Å². The maximum atomic E-state index is 13.1. The largest absolute Gasteiger partial charge is 0.391 e. The van der Waals surface area contributed by atoms with Crippen LogP contribution in [0.15, 0.2) is 69.4 Å². The van der Waals surface area contributed by atoms with Crippen LogP contribution in [0.4, 0.5) is 5.69 Å². The lowest BCUT2D eigenvalue weighted by molar-refractivity contribution is -0.122. The van der Waals surface area contributed by atoms with Gasteiger partial charge in [-0.05, 0) is 35.7 Å². The number of carbonyl (C=O) groups excluding carboxylic acids is 1. The van der Waals surface area contributed by atoms with Crippen LogP contribution in [0.5, 0.6) is 0 Å². The average molecular weight is 473 g/mol. The molecule has 3 rings (SSSR count). The van der Waals surface area contributed by atoms with Gasteiger partial charge in [-0.2, -0.15) is 0 Å². The molecule has 11 nitrogen and oxygen atoms in total. The first-order valence-electron chi connectivity index (χ1n) is 9.87. The number of amides is 1. The smallest absolute Gasteiger partial charge is 0.275 e. The molecule has 0 unspecified atom stereocenters. The van der Waals surface area contributed by atoms with Gasteiger partial charge in [-0.3, -0.25) is 14.3 Å². The number of rotatable bonds is 9. The van der Waals surface area contributed by atoms with Crippen molar-refractivity contribution in [2.45, 2.75) is 18.4 Å². The van der Waals surface area contributed by atoms with E-state index in [-0.39, 0.29) is 36.2 Å². The van der Waals surface area contributed by atoms with Crippen LogP contribution >= 0.6 is 0 Å². The van der Waals surface area contributed by atoms with Crippen molar-refractivity contribution in [3.05, 3.63) is 70.6 Å². The fourth-order valence-electron chi connectivity index (χ4n) is 3.13. The normalized spacial score (nSPS) is 11.1. The van der Waals surface area contributed by atoms with Crippen molar-refractivity contribution in [3.63, 3.8) is 0 Å². The number of nitrogens with two attached hydrogens (primary N) is 2. The fourth-order valence-corrected chi connectivity index (χ4v) is 4.42. The predicted octanol–water partition coefficient (Wildman–Crippen LogP) is 0.432. The standard InChI is InChI=1S/C21H24N6O5S/c1-14-9-10-17(20(29)27(14)13-19(28)24-11-12-32-25-21(22)23)26-33(30,31)18-8-4-6-15-5-2-3-7-16(15)18/h2-10,26H,11-13H2,1H3,(H,24,28)(H4,22,23,25). The summed E-state index contributed by atoms with van der Waals surface area (Å²) in [5.41, 5.74) is 9.91. The molecule has 0 spiro atoms. The van der Waals surface area contributed by atoms with E-state index in [1.807, 2.05) is 6.07 Å². The highest BCUT2D eigenvalue weighted by molar-refractivity contribution is 7.93. The Morgan fingerprint density at radius 1 is 1.09 bits per heavy atom. The first kappa shape index (κ1) is 23.6. The third kappa shape index (κ3) is 5.80. The molecule has 0 atom stereocenters. The zero-order valence-corrected chi connectivity index (χ0v) is 18.6. The quantitative estimate of drug-likeness (QED) is 0.151. The molecule has 12 heteroatoms. The summed E-state index contributed by atoms with van der Waals surface area (Å²) in [5, 5.41) is 7.17. The number of benzene rings is 2. The summed E-state index contributed by atoms with van der Waals surface area (Å²) in [6, 6.07) is 14.9. The number of anilines is 1. The van der Waals surface area contributed by atoms with Crippen molar-refractivity contribution in [2.24, 2.45) is 16.6 Å². The molecule has 2 aromatic carbocycles. The molecule has 1 heterocycles. The fraction of sp³-hybridized carbons (Fsp3) is 0.190. The highest BCUT2D eigenvalue weighted by Crippen LogP contribution is 2.24. The van der Waals surface area contributed by atoms with Gasteiger partial charge in [0.05, 0.1) is 11.4 Å². The van der Waals surface area contributed by atoms with E-state index >= 15 is 0 Å². The summed E-state index contributed by atoms with van der Waals surface area (Å²) >= 11 is 0. The molecular weight excluding hydrogens is 448 g/mol. The minimum Gasteiger partial charge on any atom is -0.391 e. The molecule has 0 aliphatic heterocycles. The Balaban J connectivity index is 1.78. The predicted molar refractivity (Wildman–Crippen MR) is 125 cm³/mol. The lowest BCUT2D eigenvalue weighted by Crippen LogP contribution is -2.36. The Morgan fingerprint density at radius 3 is 2.58 bits per heavy atom. The molecule has 0 saturated heterocycles. The SMILES string of the molecule is Cc1ccc(NS(=O)(=O)c2cccc3ccccc23)c(=O)n1CC(=O)NCCON=C(N)N. The molecule has 33 heavy (non-hydrogen) atoms. The van der Waals surface area contributed by atoms with Gasteiger partial charge in [-0.25, -0.2) is 8.42 Å². The Labute approximate surface area is 190 Å². The van der Waals surface area contributed by atoms with Crippen LogP contribution in [-0.2, 0) is 26.2 Å². The molecule has 174 valence electrons. The first-order valence-corrected chi connectivity index (χ1v) is 11.4. The van der Waals surface area contributed by atoms with Gasteiger partial charge >= 0.3 is 0 Å². The van der Waals surface area contributed by atoms with Crippen molar-refractivity contribution >= 4 is 38.3 Å². The number of pyridine rings is 1. The number of carbonyl (C=O) groups is 1. The van der Waals surface area contributed by atoms with Gasteiger partial charge in [0.25, 0.3) is 15.6 Å². The number of hydrogen-bond donors (Lipinski definition) is 4. The van der Waals surface area contributed by atoms with Crippen LogP contribution < -0.4 is 27.1 Å². The number of hydrogen-bond acceptors (Lipinski definition) is 6. The monoisotopic (exact) mass is 472 g/mol. The Morgan fingerprint density at radius 2 is 1.82 bits per heavy atom. The number of sulfonamides is 1. The van der Waals surface area contributed by atoms with E-state index in [1.165, 1.54) is 16.7 Å². The van der Waals surface area contributed by atoms with E-state index in [2.05, 4.69) is 15.2 Å². The number of nitrogens with one attached hydrogen (secondary N) is 2. The summed E-state index contributed by atoms with van der Waals surface area (Å²) in [5.74, 6) is -0.714. The minimum absolute atomic E-state index is 0.0302. The third-order valence-corrected chi connectivity index (χ3v) is 6.09.